The van der Waals surface area contributed by atoms with Crippen LogP contribution in [0.2, 0.25) is 0 Å². The highest BCUT2D eigenvalue weighted by atomic mass is 32.2. The van der Waals surface area contributed by atoms with Gasteiger partial charge >= 0.3 is 0 Å². The highest BCUT2D eigenvalue weighted by Gasteiger charge is 2.33. The number of ether oxygens (including phenoxy) is 1. The van der Waals surface area contributed by atoms with Crippen molar-refractivity contribution < 1.29 is 22.7 Å². The molecular weight excluding hydrogens is 452 g/mol. The Morgan fingerprint density at radius 1 is 0.941 bits per heavy atom. The molecular formula is C26H24N2O5S. The second kappa shape index (κ2) is 8.70. The Labute approximate surface area is 198 Å². The molecule has 0 aliphatic carbocycles. The van der Waals surface area contributed by atoms with E-state index in [0.29, 0.717) is 12.8 Å². The minimum absolute atomic E-state index is 0.226. The topological polar surface area (TPSA) is 92.8 Å². The maximum atomic E-state index is 13.3. The van der Waals surface area contributed by atoms with E-state index < -0.39 is 15.9 Å². The van der Waals surface area contributed by atoms with E-state index in [1.807, 2.05) is 42.5 Å². The standard InChI is InChI=1S/C26H24N2O5S/c1-33-24-5-3-2-4-22(24)17-8-10-21(11-9-17)34(31,32)28-15-19-7-6-18(14-20(19)16-28)23-12-13-25(29)27-26(23)30/h2-11,14,23H,12-13,15-16H2,1H3,(H,27,29,30). The zero-order chi connectivity index (χ0) is 23.9. The summed E-state index contributed by atoms with van der Waals surface area (Å²) in [5.74, 6) is -0.221. The number of carbonyl (C=O) groups excluding carboxylic acids is 2. The predicted molar refractivity (Wildman–Crippen MR) is 126 cm³/mol. The van der Waals surface area contributed by atoms with Crippen LogP contribution in [0, 0.1) is 0 Å². The molecule has 3 aromatic rings. The molecule has 34 heavy (non-hydrogen) atoms. The number of hydrogen-bond donors (Lipinski definition) is 1. The average Bonchev–Trinajstić information content (AvgIpc) is 3.28. The SMILES string of the molecule is COc1ccccc1-c1ccc(S(=O)(=O)N2Cc3ccc(C4CCC(=O)NC4=O)cc3C2)cc1. The lowest BCUT2D eigenvalue weighted by atomic mass is 9.89. The van der Waals surface area contributed by atoms with Crippen molar-refractivity contribution in [2.45, 2.75) is 36.7 Å². The van der Waals surface area contributed by atoms with Gasteiger partial charge in [0.2, 0.25) is 21.8 Å². The lowest BCUT2D eigenvalue weighted by molar-refractivity contribution is -0.134. The third-order valence-electron chi connectivity index (χ3n) is 6.48. The summed E-state index contributed by atoms with van der Waals surface area (Å²) in [5, 5.41) is 2.38. The zero-order valence-electron chi connectivity index (χ0n) is 18.7. The predicted octanol–water partition coefficient (Wildman–Crippen LogP) is 3.59. The number of carbonyl (C=O) groups is 2. The fourth-order valence-corrected chi connectivity index (χ4v) is 6.02. The van der Waals surface area contributed by atoms with Gasteiger partial charge in [-0.15, -0.1) is 0 Å². The molecule has 0 saturated carbocycles. The Bertz CT molecular complexity index is 1380. The van der Waals surface area contributed by atoms with Crippen LogP contribution in [0.15, 0.2) is 71.6 Å². The van der Waals surface area contributed by atoms with Gasteiger partial charge in [-0.1, -0.05) is 48.5 Å². The van der Waals surface area contributed by atoms with Gasteiger partial charge in [-0.2, -0.15) is 4.31 Å². The molecule has 0 radical (unpaired) electrons. The van der Waals surface area contributed by atoms with Crippen molar-refractivity contribution in [1.29, 1.82) is 0 Å². The van der Waals surface area contributed by atoms with Crippen LogP contribution in [0.4, 0.5) is 0 Å². The second-order valence-electron chi connectivity index (χ2n) is 8.53. The third-order valence-corrected chi connectivity index (χ3v) is 8.28. The fourth-order valence-electron chi connectivity index (χ4n) is 4.62. The monoisotopic (exact) mass is 476 g/mol. The number of para-hydroxylation sites is 1. The largest absolute Gasteiger partial charge is 0.496 e. The summed E-state index contributed by atoms with van der Waals surface area (Å²) in [6.07, 6.45) is 0.767. The lowest BCUT2D eigenvalue weighted by Crippen LogP contribution is -2.39. The molecule has 2 aliphatic heterocycles. The van der Waals surface area contributed by atoms with Crippen molar-refractivity contribution in [3.63, 3.8) is 0 Å². The number of rotatable bonds is 5. The first-order chi connectivity index (χ1) is 16.4. The van der Waals surface area contributed by atoms with E-state index in [9.17, 15) is 18.0 Å². The van der Waals surface area contributed by atoms with Crippen LogP contribution in [0.25, 0.3) is 11.1 Å². The lowest BCUT2D eigenvalue weighted by Gasteiger charge is -2.21. The van der Waals surface area contributed by atoms with Gasteiger partial charge in [0, 0.05) is 25.1 Å². The van der Waals surface area contributed by atoms with Crippen molar-refractivity contribution in [2.24, 2.45) is 0 Å². The van der Waals surface area contributed by atoms with Gasteiger partial charge in [0.25, 0.3) is 0 Å². The summed E-state index contributed by atoms with van der Waals surface area (Å²) in [6.45, 7) is 0.522. The van der Waals surface area contributed by atoms with E-state index in [2.05, 4.69) is 5.32 Å². The summed E-state index contributed by atoms with van der Waals surface area (Å²) >= 11 is 0. The highest BCUT2D eigenvalue weighted by Crippen LogP contribution is 2.34. The zero-order valence-corrected chi connectivity index (χ0v) is 19.5. The molecule has 1 fully saturated rings. The number of sulfonamides is 1. The van der Waals surface area contributed by atoms with Crippen LogP contribution >= 0.6 is 0 Å². The molecule has 1 saturated heterocycles. The van der Waals surface area contributed by atoms with Crippen molar-refractivity contribution in [3.8, 4) is 16.9 Å². The fraction of sp³-hybridized carbons (Fsp3) is 0.231. The van der Waals surface area contributed by atoms with E-state index >= 15 is 0 Å². The van der Waals surface area contributed by atoms with Gasteiger partial charge in [0.15, 0.2) is 0 Å². The van der Waals surface area contributed by atoms with Crippen LogP contribution < -0.4 is 10.1 Å². The minimum atomic E-state index is -3.70. The number of hydrogen-bond acceptors (Lipinski definition) is 5. The molecule has 0 aromatic heterocycles. The number of imide groups is 1. The molecule has 1 unspecified atom stereocenters. The number of nitrogens with one attached hydrogen (secondary N) is 1. The van der Waals surface area contributed by atoms with E-state index in [0.717, 1.165) is 33.6 Å². The summed E-state index contributed by atoms with van der Waals surface area (Å²) in [5.41, 5.74) is 4.38. The van der Waals surface area contributed by atoms with Gasteiger partial charge < -0.3 is 4.74 Å². The van der Waals surface area contributed by atoms with Crippen molar-refractivity contribution >= 4 is 21.8 Å². The van der Waals surface area contributed by atoms with Crippen LogP contribution in [0.1, 0.15) is 35.4 Å². The second-order valence-corrected chi connectivity index (χ2v) is 10.5. The van der Waals surface area contributed by atoms with Gasteiger partial charge in [0.1, 0.15) is 5.75 Å². The summed E-state index contributed by atoms with van der Waals surface area (Å²) < 4.78 is 33.6. The Morgan fingerprint density at radius 3 is 2.41 bits per heavy atom. The molecule has 2 aliphatic rings. The summed E-state index contributed by atoms with van der Waals surface area (Å²) in [4.78, 5) is 23.9. The Morgan fingerprint density at radius 2 is 1.68 bits per heavy atom. The number of piperidine rings is 1. The molecule has 2 heterocycles. The van der Waals surface area contributed by atoms with Crippen LogP contribution in [0.3, 0.4) is 0 Å². The quantitative estimate of drug-likeness (QED) is 0.568. The molecule has 7 nitrogen and oxygen atoms in total. The third kappa shape index (κ3) is 3.99. The molecule has 0 bridgehead atoms. The van der Waals surface area contributed by atoms with Crippen LogP contribution in [-0.2, 0) is 32.7 Å². The molecule has 1 N–H and O–H groups in total. The first-order valence-electron chi connectivity index (χ1n) is 11.1. The molecule has 174 valence electrons. The summed E-state index contributed by atoms with van der Waals surface area (Å²) in [7, 11) is -2.09. The maximum absolute atomic E-state index is 13.3. The van der Waals surface area contributed by atoms with Gasteiger partial charge in [0.05, 0.1) is 17.9 Å². The first kappa shape index (κ1) is 22.3. The molecule has 1 atom stereocenters. The normalized spacial score (nSPS) is 18.4. The minimum Gasteiger partial charge on any atom is -0.496 e. The van der Waals surface area contributed by atoms with Crippen molar-refractivity contribution in [1.82, 2.24) is 9.62 Å². The smallest absolute Gasteiger partial charge is 0.243 e. The van der Waals surface area contributed by atoms with E-state index in [1.165, 1.54) is 4.31 Å². The van der Waals surface area contributed by atoms with Crippen LogP contribution in [-0.4, -0.2) is 31.6 Å². The highest BCUT2D eigenvalue weighted by molar-refractivity contribution is 7.89. The number of nitrogens with zero attached hydrogens (tertiary/aromatic N) is 1. The average molecular weight is 477 g/mol. The van der Waals surface area contributed by atoms with E-state index in [1.54, 1.807) is 31.4 Å². The molecule has 8 heteroatoms. The number of benzene rings is 3. The first-order valence-corrected chi connectivity index (χ1v) is 12.5. The number of fused-ring (bicyclic) bond motifs is 1. The maximum Gasteiger partial charge on any atom is 0.243 e. The van der Waals surface area contributed by atoms with E-state index in [4.69, 9.17) is 4.74 Å². The van der Waals surface area contributed by atoms with Gasteiger partial charge in [-0.3, -0.25) is 14.9 Å². The Balaban J connectivity index is 1.36. The van der Waals surface area contributed by atoms with Gasteiger partial charge in [-0.05, 0) is 46.9 Å². The Hall–Kier alpha value is -3.49. The molecule has 5 rings (SSSR count). The molecule has 2 amide bonds. The van der Waals surface area contributed by atoms with E-state index in [-0.39, 0.29) is 29.8 Å². The Kier molecular flexibility index (Phi) is 5.71. The summed E-state index contributed by atoms with van der Waals surface area (Å²) in [6, 6.07) is 20.0. The van der Waals surface area contributed by atoms with Crippen molar-refractivity contribution in [3.05, 3.63) is 83.4 Å². The van der Waals surface area contributed by atoms with Crippen LogP contribution in [0.5, 0.6) is 5.75 Å². The molecule has 0 spiro atoms. The molecule has 3 aromatic carbocycles. The number of methoxy groups -OCH3 is 1. The van der Waals surface area contributed by atoms with Gasteiger partial charge in [-0.25, -0.2) is 8.42 Å². The number of amides is 2. The van der Waals surface area contributed by atoms with Crippen molar-refractivity contribution in [2.75, 3.05) is 7.11 Å².